The smallest absolute Gasteiger partial charge is 0.335 e. The molecule has 25 heavy (non-hydrogen) atoms. The van der Waals surface area contributed by atoms with Crippen molar-refractivity contribution in [1.82, 2.24) is 0 Å². The number of carboxylic acid groups (broad SMARTS) is 1. The predicted molar refractivity (Wildman–Crippen MR) is 98.4 cm³/mol. The topological polar surface area (TPSA) is 78.9 Å². The van der Waals surface area contributed by atoms with Crippen LogP contribution in [-0.4, -0.2) is 43.8 Å². The normalized spacial score (nSPS) is 17.0. The van der Waals surface area contributed by atoms with Gasteiger partial charge in [-0.2, -0.15) is 0 Å². The van der Waals surface area contributed by atoms with Crippen LogP contribution in [0.2, 0.25) is 0 Å². The van der Waals surface area contributed by atoms with Crippen molar-refractivity contribution >= 4 is 23.3 Å². The van der Waals surface area contributed by atoms with E-state index >= 15 is 0 Å². The molecule has 0 spiro atoms. The average molecular weight is 348 g/mol. The number of carboxylic acids is 1. The van der Waals surface area contributed by atoms with E-state index in [2.05, 4.69) is 10.2 Å². The van der Waals surface area contributed by atoms with Gasteiger partial charge in [0.2, 0.25) is 5.91 Å². The highest BCUT2D eigenvalue weighted by molar-refractivity contribution is 6.00. The van der Waals surface area contributed by atoms with Crippen LogP contribution >= 0.6 is 0 Å². The van der Waals surface area contributed by atoms with Gasteiger partial charge in [0.1, 0.15) is 0 Å². The van der Waals surface area contributed by atoms with E-state index in [9.17, 15) is 14.7 Å². The number of carbonyl (C=O) groups is 2. The van der Waals surface area contributed by atoms with Crippen molar-refractivity contribution in [3.63, 3.8) is 0 Å². The Bertz CT molecular complexity index is 626. The highest BCUT2D eigenvalue weighted by Crippen LogP contribution is 2.32. The van der Waals surface area contributed by atoms with Crippen LogP contribution in [0.5, 0.6) is 0 Å². The molecule has 2 N–H and O–H groups in total. The maximum Gasteiger partial charge on any atom is 0.335 e. The summed E-state index contributed by atoms with van der Waals surface area (Å²) >= 11 is 0. The van der Waals surface area contributed by atoms with Gasteiger partial charge in [-0.05, 0) is 50.8 Å². The lowest BCUT2D eigenvalue weighted by Crippen LogP contribution is -2.38. The maximum absolute atomic E-state index is 12.8. The van der Waals surface area contributed by atoms with Gasteiger partial charge in [-0.1, -0.05) is 6.92 Å². The first-order chi connectivity index (χ1) is 11.9. The third-order valence-corrected chi connectivity index (χ3v) is 4.98. The number of nitrogens with one attached hydrogen (secondary N) is 1. The van der Waals surface area contributed by atoms with Gasteiger partial charge in [0, 0.05) is 20.2 Å². The fourth-order valence-corrected chi connectivity index (χ4v) is 3.10. The Labute approximate surface area is 149 Å². The number of amides is 1. The van der Waals surface area contributed by atoms with Crippen molar-refractivity contribution in [2.75, 3.05) is 37.0 Å². The largest absolute Gasteiger partial charge is 0.478 e. The van der Waals surface area contributed by atoms with E-state index in [-0.39, 0.29) is 11.5 Å². The van der Waals surface area contributed by atoms with E-state index in [0.29, 0.717) is 18.7 Å². The molecule has 6 nitrogen and oxygen atoms in total. The van der Waals surface area contributed by atoms with E-state index in [0.717, 1.165) is 31.6 Å². The van der Waals surface area contributed by atoms with Gasteiger partial charge < -0.3 is 20.1 Å². The van der Waals surface area contributed by atoms with Crippen molar-refractivity contribution in [2.24, 2.45) is 5.41 Å². The van der Waals surface area contributed by atoms with E-state index in [1.807, 2.05) is 13.8 Å². The Morgan fingerprint density at radius 2 is 1.96 bits per heavy atom. The maximum atomic E-state index is 12.8. The molecule has 1 atom stereocenters. The Morgan fingerprint density at radius 3 is 2.52 bits per heavy atom. The van der Waals surface area contributed by atoms with Crippen molar-refractivity contribution in [3.05, 3.63) is 23.8 Å². The second-order valence-electron chi connectivity index (χ2n) is 6.89. The minimum atomic E-state index is -1.00. The van der Waals surface area contributed by atoms with Crippen LogP contribution in [0.25, 0.3) is 0 Å². The summed E-state index contributed by atoms with van der Waals surface area (Å²) in [5.74, 6) is -1.16. The van der Waals surface area contributed by atoms with Gasteiger partial charge in [-0.15, -0.1) is 0 Å². The van der Waals surface area contributed by atoms with Crippen molar-refractivity contribution in [3.8, 4) is 0 Å². The van der Waals surface area contributed by atoms with E-state index in [1.54, 1.807) is 25.3 Å². The predicted octanol–water partition coefficient (Wildman–Crippen LogP) is 3.38. The van der Waals surface area contributed by atoms with Crippen molar-refractivity contribution in [2.45, 2.75) is 39.5 Å². The monoisotopic (exact) mass is 348 g/mol. The van der Waals surface area contributed by atoms with Crippen LogP contribution in [0.3, 0.4) is 0 Å². The molecule has 1 amide bonds. The standard InChI is InChI=1S/C19H28N2O4/c1-4-19(2,13-25-3)18(24)20-15-12-14(17(22)23)8-9-16(15)21-10-6-5-7-11-21/h8-9,12H,4-7,10-11,13H2,1-3H3,(H,20,24)(H,22,23). The molecule has 0 radical (unpaired) electrons. The first-order valence-corrected chi connectivity index (χ1v) is 8.84. The Hall–Kier alpha value is -2.08. The summed E-state index contributed by atoms with van der Waals surface area (Å²) in [5, 5.41) is 12.2. The van der Waals surface area contributed by atoms with E-state index in [4.69, 9.17) is 4.74 Å². The van der Waals surface area contributed by atoms with E-state index in [1.165, 1.54) is 6.42 Å². The fourth-order valence-electron chi connectivity index (χ4n) is 3.10. The van der Waals surface area contributed by atoms with Gasteiger partial charge in [0.05, 0.1) is 29.0 Å². The Balaban J connectivity index is 2.33. The molecular formula is C19H28N2O4. The first-order valence-electron chi connectivity index (χ1n) is 8.84. The third-order valence-electron chi connectivity index (χ3n) is 4.98. The number of nitrogens with zero attached hydrogens (tertiary/aromatic N) is 1. The lowest BCUT2D eigenvalue weighted by atomic mass is 9.87. The highest BCUT2D eigenvalue weighted by Gasteiger charge is 2.32. The first kappa shape index (κ1) is 19.2. The Morgan fingerprint density at radius 1 is 1.28 bits per heavy atom. The van der Waals surface area contributed by atoms with Crippen molar-refractivity contribution < 1.29 is 19.4 Å². The molecule has 1 aliphatic heterocycles. The number of aromatic carboxylic acids is 1. The number of hydrogen-bond donors (Lipinski definition) is 2. The van der Waals surface area contributed by atoms with Crippen LogP contribution in [0.15, 0.2) is 18.2 Å². The molecule has 1 aromatic rings. The molecule has 1 fully saturated rings. The summed E-state index contributed by atoms with van der Waals surface area (Å²) in [5.41, 5.74) is 0.949. The minimum absolute atomic E-state index is 0.155. The van der Waals surface area contributed by atoms with Crippen LogP contribution in [0.4, 0.5) is 11.4 Å². The number of piperidine rings is 1. The molecule has 2 rings (SSSR count). The second kappa shape index (κ2) is 8.34. The molecule has 0 bridgehead atoms. The van der Waals surface area contributed by atoms with Crippen LogP contribution < -0.4 is 10.2 Å². The lowest BCUT2D eigenvalue weighted by Gasteiger charge is -2.32. The number of benzene rings is 1. The van der Waals surface area contributed by atoms with Gasteiger partial charge in [-0.3, -0.25) is 4.79 Å². The fraction of sp³-hybridized carbons (Fsp3) is 0.579. The Kier molecular flexibility index (Phi) is 6.42. The molecule has 1 aliphatic rings. The summed E-state index contributed by atoms with van der Waals surface area (Å²) in [4.78, 5) is 26.4. The molecular weight excluding hydrogens is 320 g/mol. The average Bonchev–Trinajstić information content (AvgIpc) is 2.62. The summed E-state index contributed by atoms with van der Waals surface area (Å²) < 4.78 is 5.20. The molecule has 1 saturated heterocycles. The SMILES string of the molecule is CCC(C)(COC)C(=O)Nc1cc(C(=O)O)ccc1N1CCCCC1. The molecule has 0 aliphatic carbocycles. The number of ether oxygens (including phenoxy) is 1. The summed E-state index contributed by atoms with van der Waals surface area (Å²) in [6.45, 7) is 5.94. The number of methoxy groups -OCH3 is 1. The summed E-state index contributed by atoms with van der Waals surface area (Å²) in [6, 6.07) is 4.94. The van der Waals surface area contributed by atoms with Gasteiger partial charge in [0.15, 0.2) is 0 Å². The zero-order valence-electron chi connectivity index (χ0n) is 15.3. The van der Waals surface area contributed by atoms with Gasteiger partial charge >= 0.3 is 5.97 Å². The van der Waals surface area contributed by atoms with Gasteiger partial charge in [0.25, 0.3) is 0 Å². The number of hydrogen-bond acceptors (Lipinski definition) is 4. The third kappa shape index (κ3) is 4.51. The number of carbonyl (C=O) groups excluding carboxylic acids is 1. The molecule has 138 valence electrons. The number of rotatable bonds is 7. The summed E-state index contributed by atoms with van der Waals surface area (Å²) in [6.07, 6.45) is 4.03. The van der Waals surface area contributed by atoms with Crippen LogP contribution in [-0.2, 0) is 9.53 Å². The van der Waals surface area contributed by atoms with Crippen LogP contribution in [0.1, 0.15) is 49.9 Å². The molecule has 0 saturated carbocycles. The molecule has 1 heterocycles. The quantitative estimate of drug-likeness (QED) is 0.790. The lowest BCUT2D eigenvalue weighted by molar-refractivity contribution is -0.127. The molecule has 6 heteroatoms. The minimum Gasteiger partial charge on any atom is -0.478 e. The molecule has 1 unspecified atom stereocenters. The highest BCUT2D eigenvalue weighted by atomic mass is 16.5. The zero-order chi connectivity index (χ0) is 18.4. The van der Waals surface area contributed by atoms with E-state index < -0.39 is 11.4 Å². The van der Waals surface area contributed by atoms with Crippen molar-refractivity contribution in [1.29, 1.82) is 0 Å². The molecule has 0 aromatic heterocycles. The van der Waals surface area contributed by atoms with Crippen LogP contribution in [0, 0.1) is 5.41 Å². The van der Waals surface area contributed by atoms with Gasteiger partial charge in [-0.25, -0.2) is 4.79 Å². The second-order valence-corrected chi connectivity index (χ2v) is 6.89. The number of anilines is 2. The zero-order valence-corrected chi connectivity index (χ0v) is 15.3. The summed E-state index contributed by atoms with van der Waals surface area (Å²) in [7, 11) is 1.57. The molecule has 1 aromatic carbocycles.